The zero-order valence-electron chi connectivity index (χ0n) is 19.7. The molecule has 36 heavy (non-hydrogen) atoms. The summed E-state index contributed by atoms with van der Waals surface area (Å²) in [5.41, 5.74) is 4.28. The summed E-state index contributed by atoms with van der Waals surface area (Å²) < 4.78 is 24.7. The van der Waals surface area contributed by atoms with Crippen LogP contribution in [0.5, 0.6) is 0 Å². The number of anilines is 3. The van der Waals surface area contributed by atoms with Crippen LogP contribution in [0.1, 0.15) is 35.7 Å². The number of carbonyl (C=O) groups is 2. The number of piperidine rings is 1. The number of hydrogen-bond donors (Lipinski definition) is 1. The maximum atomic E-state index is 13.7. The summed E-state index contributed by atoms with van der Waals surface area (Å²) in [7, 11) is 0. The molecular formula is C28H24FN3O4. The van der Waals surface area contributed by atoms with Crippen LogP contribution < -0.4 is 10.2 Å². The Morgan fingerprint density at radius 1 is 1.19 bits per heavy atom. The summed E-state index contributed by atoms with van der Waals surface area (Å²) >= 11 is 0. The minimum atomic E-state index is -0.345. The number of hydrogen-bond acceptors (Lipinski definition) is 7. The molecule has 182 valence electrons. The lowest BCUT2D eigenvalue weighted by Crippen LogP contribution is -2.39. The number of fused-ring (bicyclic) bond motifs is 2. The van der Waals surface area contributed by atoms with Crippen LogP contribution in [0.3, 0.4) is 0 Å². The second-order valence-electron chi connectivity index (χ2n) is 9.10. The Labute approximate surface area is 206 Å². The average Bonchev–Trinajstić information content (AvgIpc) is 3.34. The fraction of sp³-hybridized carbons (Fsp3) is 0.250. The van der Waals surface area contributed by atoms with Gasteiger partial charge in [0.05, 0.1) is 34.8 Å². The van der Waals surface area contributed by atoms with E-state index in [1.54, 1.807) is 25.1 Å². The van der Waals surface area contributed by atoms with Gasteiger partial charge in [0.25, 0.3) is 0 Å². The van der Waals surface area contributed by atoms with E-state index >= 15 is 0 Å². The van der Waals surface area contributed by atoms with Gasteiger partial charge in [-0.15, -0.1) is 0 Å². The Kier molecular flexibility index (Phi) is 5.44. The van der Waals surface area contributed by atoms with E-state index in [1.165, 1.54) is 12.1 Å². The average molecular weight is 486 g/mol. The summed E-state index contributed by atoms with van der Waals surface area (Å²) in [5, 5.41) is 8.35. The monoisotopic (exact) mass is 485 g/mol. The number of esters is 1. The van der Waals surface area contributed by atoms with Gasteiger partial charge in [0, 0.05) is 29.9 Å². The fourth-order valence-electron chi connectivity index (χ4n) is 5.22. The molecule has 0 radical (unpaired) electrons. The van der Waals surface area contributed by atoms with Crippen molar-refractivity contribution >= 4 is 39.7 Å². The number of rotatable bonds is 5. The predicted octanol–water partition coefficient (Wildman–Crippen LogP) is 5.70. The lowest BCUT2D eigenvalue weighted by atomic mass is 9.86. The number of aromatic nitrogens is 1. The van der Waals surface area contributed by atoms with Crippen molar-refractivity contribution in [2.45, 2.75) is 19.8 Å². The van der Waals surface area contributed by atoms with Crippen molar-refractivity contribution in [2.75, 3.05) is 29.9 Å². The largest absolute Gasteiger partial charge is 0.466 e. The van der Waals surface area contributed by atoms with Crippen LogP contribution in [0.15, 0.2) is 59.1 Å². The third-order valence-corrected chi connectivity index (χ3v) is 6.88. The smallest absolute Gasteiger partial charge is 0.310 e. The molecule has 1 fully saturated rings. The Bertz CT molecular complexity index is 1490. The fourth-order valence-corrected chi connectivity index (χ4v) is 5.22. The Balaban J connectivity index is 1.52. The van der Waals surface area contributed by atoms with E-state index in [-0.39, 0.29) is 23.5 Å². The zero-order valence-corrected chi connectivity index (χ0v) is 19.7. The zero-order chi connectivity index (χ0) is 24.8. The van der Waals surface area contributed by atoms with Crippen LogP contribution in [0.25, 0.3) is 22.2 Å². The van der Waals surface area contributed by atoms with Crippen LogP contribution in [0.2, 0.25) is 0 Å². The van der Waals surface area contributed by atoms with Gasteiger partial charge < -0.3 is 19.5 Å². The molecule has 2 heterocycles. The number of nitrogens with one attached hydrogen (secondary N) is 1. The number of halogens is 1. The molecule has 1 N–H and O–H groups in total. The molecule has 1 saturated heterocycles. The van der Waals surface area contributed by atoms with Crippen LogP contribution in [-0.4, -0.2) is 36.6 Å². The van der Waals surface area contributed by atoms with E-state index in [9.17, 15) is 14.0 Å². The van der Waals surface area contributed by atoms with Crippen molar-refractivity contribution in [3.8, 4) is 11.3 Å². The molecule has 0 amide bonds. The standard InChI is InChI=1S/C28H24FN3O4/c1-2-35-28(34)16-6-5-13-32(15-16)22-14-21(30-18-11-9-17(29)10-12-18)23-24-25(22)31-36-27(24)20-8-4-3-7-19(20)26(23)33/h3-4,7-12,14,16,30H,2,5-6,13,15H2,1H3/t16-/m1/s1. The summed E-state index contributed by atoms with van der Waals surface area (Å²) in [5.74, 6) is -0.388. The van der Waals surface area contributed by atoms with Crippen LogP contribution in [-0.2, 0) is 9.53 Å². The quantitative estimate of drug-likeness (QED) is 0.320. The van der Waals surface area contributed by atoms with E-state index < -0.39 is 0 Å². The van der Waals surface area contributed by atoms with Gasteiger partial charge in [-0.25, -0.2) is 4.39 Å². The second kappa shape index (κ2) is 8.78. The first-order valence-electron chi connectivity index (χ1n) is 12.1. The normalized spacial score (nSPS) is 16.7. The highest BCUT2D eigenvalue weighted by molar-refractivity contribution is 6.28. The van der Waals surface area contributed by atoms with Crippen molar-refractivity contribution in [1.82, 2.24) is 5.16 Å². The molecule has 0 bridgehead atoms. The molecule has 0 saturated carbocycles. The number of ether oxygens (including phenoxy) is 1. The van der Waals surface area contributed by atoms with Gasteiger partial charge in [-0.05, 0) is 50.1 Å². The third-order valence-electron chi connectivity index (χ3n) is 6.88. The Morgan fingerprint density at radius 2 is 1.97 bits per heavy atom. The maximum absolute atomic E-state index is 13.7. The predicted molar refractivity (Wildman–Crippen MR) is 134 cm³/mol. The van der Waals surface area contributed by atoms with Crippen LogP contribution >= 0.6 is 0 Å². The minimum Gasteiger partial charge on any atom is -0.466 e. The van der Waals surface area contributed by atoms with Gasteiger partial charge in [-0.1, -0.05) is 29.4 Å². The lowest BCUT2D eigenvalue weighted by molar-refractivity contribution is -0.148. The summed E-state index contributed by atoms with van der Waals surface area (Å²) in [6, 6.07) is 15.2. The molecule has 2 aliphatic rings. The van der Waals surface area contributed by atoms with Gasteiger partial charge in [0.1, 0.15) is 11.3 Å². The first-order valence-corrected chi connectivity index (χ1v) is 12.1. The van der Waals surface area contributed by atoms with E-state index in [0.29, 0.717) is 57.9 Å². The summed E-state index contributed by atoms with van der Waals surface area (Å²) in [6.07, 6.45) is 1.58. The molecule has 1 aromatic heterocycles. The number of ketones is 1. The highest BCUT2D eigenvalue weighted by Gasteiger charge is 2.35. The molecule has 4 aromatic rings. The van der Waals surface area contributed by atoms with Crippen molar-refractivity contribution in [2.24, 2.45) is 5.92 Å². The number of carbonyl (C=O) groups excluding carboxylic acids is 2. The molecule has 3 aromatic carbocycles. The highest BCUT2D eigenvalue weighted by atomic mass is 19.1. The summed E-state index contributed by atoms with van der Waals surface area (Å²) in [4.78, 5) is 28.3. The van der Waals surface area contributed by atoms with Crippen molar-refractivity contribution in [1.29, 1.82) is 0 Å². The van der Waals surface area contributed by atoms with E-state index in [1.807, 2.05) is 24.3 Å². The first kappa shape index (κ1) is 22.3. The van der Waals surface area contributed by atoms with Gasteiger partial charge >= 0.3 is 5.97 Å². The molecule has 6 rings (SSSR count). The molecular weight excluding hydrogens is 461 g/mol. The highest BCUT2D eigenvalue weighted by Crippen LogP contribution is 2.46. The van der Waals surface area contributed by atoms with Gasteiger partial charge in [-0.2, -0.15) is 0 Å². The third kappa shape index (κ3) is 3.61. The molecule has 7 nitrogen and oxygen atoms in total. The van der Waals surface area contributed by atoms with Crippen molar-refractivity contribution in [3.05, 3.63) is 71.5 Å². The van der Waals surface area contributed by atoms with Gasteiger partial charge in [0.15, 0.2) is 11.5 Å². The van der Waals surface area contributed by atoms with Crippen molar-refractivity contribution < 1.29 is 23.2 Å². The molecule has 8 heteroatoms. The maximum Gasteiger partial charge on any atom is 0.310 e. The molecule has 1 aliphatic carbocycles. The van der Waals surface area contributed by atoms with Crippen molar-refractivity contribution in [3.63, 3.8) is 0 Å². The topological polar surface area (TPSA) is 84.7 Å². The molecule has 1 aliphatic heterocycles. The van der Waals surface area contributed by atoms with Crippen LogP contribution in [0, 0.1) is 11.7 Å². The van der Waals surface area contributed by atoms with Crippen LogP contribution in [0.4, 0.5) is 21.5 Å². The van der Waals surface area contributed by atoms with E-state index in [4.69, 9.17) is 9.26 Å². The van der Waals surface area contributed by atoms with E-state index in [0.717, 1.165) is 25.1 Å². The molecule has 0 unspecified atom stereocenters. The summed E-state index contributed by atoms with van der Waals surface area (Å²) in [6.45, 7) is 3.36. The number of benzene rings is 3. The van der Waals surface area contributed by atoms with E-state index in [2.05, 4.69) is 15.4 Å². The first-order chi connectivity index (χ1) is 17.5. The number of nitrogens with zero attached hydrogens (tertiary/aromatic N) is 2. The van der Waals surface area contributed by atoms with Gasteiger partial charge in [0.2, 0.25) is 0 Å². The lowest BCUT2D eigenvalue weighted by Gasteiger charge is -2.34. The second-order valence-corrected chi connectivity index (χ2v) is 9.10. The SMILES string of the molecule is CCOC(=O)[C@@H]1CCCN(c2cc(Nc3ccc(F)cc3)c3c4c(onc24)-c2ccccc2C3=O)C1. The Morgan fingerprint density at radius 3 is 2.75 bits per heavy atom. The minimum absolute atomic E-state index is 0.134. The molecule has 1 atom stereocenters. The Hall–Kier alpha value is -4.20. The van der Waals surface area contributed by atoms with Gasteiger partial charge in [-0.3, -0.25) is 9.59 Å². The molecule has 0 spiro atoms.